The van der Waals surface area contributed by atoms with E-state index in [0.29, 0.717) is 23.4 Å². The summed E-state index contributed by atoms with van der Waals surface area (Å²) in [6.07, 6.45) is -2.60. The van der Waals surface area contributed by atoms with E-state index in [2.05, 4.69) is 0 Å². The normalized spacial score (nSPS) is 11.5. The smallest absolute Gasteiger partial charge is 0.366 e. The van der Waals surface area contributed by atoms with Gasteiger partial charge < -0.3 is 5.73 Å². The van der Waals surface area contributed by atoms with Crippen LogP contribution >= 0.6 is 11.6 Å². The van der Waals surface area contributed by atoms with Gasteiger partial charge in [0.15, 0.2) is 0 Å². The van der Waals surface area contributed by atoms with Crippen molar-refractivity contribution in [3.05, 3.63) is 69.7 Å². The lowest BCUT2D eigenvalue weighted by Gasteiger charge is -2.12. The van der Waals surface area contributed by atoms with E-state index >= 15 is 0 Å². The van der Waals surface area contributed by atoms with E-state index in [0.717, 1.165) is 24.1 Å². The first kappa shape index (κ1) is 17.3. The molecular weight excluding hydrogens is 327 g/mol. The monoisotopic (exact) mass is 341 g/mol. The van der Waals surface area contributed by atoms with Crippen molar-refractivity contribution in [2.45, 2.75) is 25.4 Å². The van der Waals surface area contributed by atoms with Crippen molar-refractivity contribution in [3.63, 3.8) is 0 Å². The number of primary amides is 1. The van der Waals surface area contributed by atoms with Crippen LogP contribution in [0.25, 0.3) is 0 Å². The molecule has 2 aromatic carbocycles. The quantitative estimate of drug-likeness (QED) is 0.846. The van der Waals surface area contributed by atoms with Crippen molar-refractivity contribution in [2.75, 3.05) is 0 Å². The highest BCUT2D eigenvalue weighted by atomic mass is 35.5. The van der Waals surface area contributed by atoms with Crippen LogP contribution in [-0.2, 0) is 19.0 Å². The van der Waals surface area contributed by atoms with Gasteiger partial charge in [-0.2, -0.15) is 13.2 Å². The Morgan fingerprint density at radius 3 is 2.26 bits per heavy atom. The Morgan fingerprint density at radius 2 is 1.70 bits per heavy atom. The first-order chi connectivity index (χ1) is 10.8. The minimum atomic E-state index is -4.49. The summed E-state index contributed by atoms with van der Waals surface area (Å²) in [5, 5.41) is 0.646. The summed E-state index contributed by atoms with van der Waals surface area (Å²) in [5.74, 6) is -0.849. The number of amides is 1. The predicted molar refractivity (Wildman–Crippen MR) is 83.4 cm³/mol. The summed E-state index contributed by atoms with van der Waals surface area (Å²) in [6, 6.07) is 10.5. The molecule has 0 atom stereocenters. The second kappa shape index (κ2) is 7.04. The third kappa shape index (κ3) is 4.73. The molecule has 1 amide bonds. The molecule has 0 aliphatic heterocycles. The van der Waals surface area contributed by atoms with Gasteiger partial charge in [0.2, 0.25) is 5.91 Å². The number of benzene rings is 2. The highest BCUT2D eigenvalue weighted by molar-refractivity contribution is 6.30. The number of halogens is 4. The minimum absolute atomic E-state index is 0.0732. The van der Waals surface area contributed by atoms with E-state index in [1.165, 1.54) is 6.07 Å². The third-order valence-corrected chi connectivity index (χ3v) is 3.78. The molecule has 0 aromatic heterocycles. The standard InChI is InChI=1S/C17H15ClF3NO/c18-14-8-4-11(5-9-14)2-1-3-12-6-7-13(17(19,20)21)10-15(12)16(22)23/h4-10H,1-3H2,(H2,22,23). The second-order valence-electron chi connectivity index (χ2n) is 5.21. The largest absolute Gasteiger partial charge is 0.416 e. The first-order valence-corrected chi connectivity index (χ1v) is 7.39. The van der Waals surface area contributed by atoms with Crippen LogP contribution in [0.3, 0.4) is 0 Å². The van der Waals surface area contributed by atoms with Crippen molar-refractivity contribution in [1.82, 2.24) is 0 Å². The summed E-state index contributed by atoms with van der Waals surface area (Å²) in [6.45, 7) is 0. The van der Waals surface area contributed by atoms with Gasteiger partial charge in [-0.15, -0.1) is 0 Å². The maximum absolute atomic E-state index is 12.7. The summed E-state index contributed by atoms with van der Waals surface area (Å²) in [4.78, 5) is 11.4. The number of hydrogen-bond donors (Lipinski definition) is 1. The molecule has 0 saturated heterocycles. The third-order valence-electron chi connectivity index (χ3n) is 3.53. The number of nitrogens with two attached hydrogens (primary N) is 1. The van der Waals surface area contributed by atoms with Crippen molar-refractivity contribution >= 4 is 17.5 Å². The molecule has 0 spiro atoms. The summed E-state index contributed by atoms with van der Waals surface area (Å²) in [7, 11) is 0. The van der Waals surface area contributed by atoms with E-state index in [-0.39, 0.29) is 5.56 Å². The molecule has 0 aliphatic rings. The van der Waals surface area contributed by atoms with Gasteiger partial charge in [0.25, 0.3) is 0 Å². The average molecular weight is 342 g/mol. The lowest BCUT2D eigenvalue weighted by atomic mass is 9.97. The van der Waals surface area contributed by atoms with Gasteiger partial charge in [-0.3, -0.25) is 4.79 Å². The molecule has 0 aliphatic carbocycles. The number of carbonyl (C=O) groups excluding carboxylic acids is 1. The van der Waals surface area contributed by atoms with Gasteiger partial charge >= 0.3 is 6.18 Å². The molecule has 0 bridgehead atoms. The molecule has 2 N–H and O–H groups in total. The van der Waals surface area contributed by atoms with Crippen molar-refractivity contribution in [3.8, 4) is 0 Å². The number of alkyl halides is 3. The van der Waals surface area contributed by atoms with Crippen LogP contribution in [0, 0.1) is 0 Å². The topological polar surface area (TPSA) is 43.1 Å². The molecular formula is C17H15ClF3NO. The average Bonchev–Trinajstić information content (AvgIpc) is 2.48. The zero-order valence-corrected chi connectivity index (χ0v) is 12.9. The number of rotatable bonds is 5. The molecule has 0 unspecified atom stereocenters. The Bertz CT molecular complexity index is 696. The molecule has 0 heterocycles. The van der Waals surface area contributed by atoms with Gasteiger partial charge in [0.1, 0.15) is 0 Å². The van der Waals surface area contributed by atoms with Gasteiger partial charge in [-0.1, -0.05) is 29.8 Å². The highest BCUT2D eigenvalue weighted by Crippen LogP contribution is 2.30. The van der Waals surface area contributed by atoms with Gasteiger partial charge in [0.05, 0.1) is 5.56 Å². The van der Waals surface area contributed by atoms with Crippen LogP contribution in [0.4, 0.5) is 13.2 Å². The molecule has 23 heavy (non-hydrogen) atoms. The van der Waals surface area contributed by atoms with Crippen LogP contribution in [0.2, 0.25) is 5.02 Å². The fourth-order valence-electron chi connectivity index (χ4n) is 2.33. The summed E-state index contributed by atoms with van der Waals surface area (Å²) in [5.41, 5.74) is 5.86. The Kier molecular flexibility index (Phi) is 5.31. The Balaban J connectivity index is 2.10. The molecule has 0 saturated carbocycles. The summed E-state index contributed by atoms with van der Waals surface area (Å²) >= 11 is 5.81. The lowest BCUT2D eigenvalue weighted by Crippen LogP contribution is -2.16. The Hall–Kier alpha value is -2.01. The highest BCUT2D eigenvalue weighted by Gasteiger charge is 2.31. The number of hydrogen-bond acceptors (Lipinski definition) is 1. The Labute approximate surface area is 137 Å². The molecule has 6 heteroatoms. The van der Waals surface area contributed by atoms with Crippen molar-refractivity contribution in [2.24, 2.45) is 5.73 Å². The van der Waals surface area contributed by atoms with Gasteiger partial charge in [-0.05, 0) is 54.7 Å². The lowest BCUT2D eigenvalue weighted by molar-refractivity contribution is -0.137. The second-order valence-corrected chi connectivity index (χ2v) is 5.65. The van der Waals surface area contributed by atoms with Crippen LogP contribution < -0.4 is 5.73 Å². The van der Waals surface area contributed by atoms with Crippen LogP contribution in [0.15, 0.2) is 42.5 Å². The zero-order chi connectivity index (χ0) is 17.0. The maximum Gasteiger partial charge on any atom is 0.416 e. The first-order valence-electron chi connectivity index (χ1n) is 7.02. The number of aryl methyl sites for hydroxylation is 2. The molecule has 122 valence electrons. The predicted octanol–water partition coefficient (Wildman–Crippen LogP) is 4.63. The molecule has 2 nitrogen and oxygen atoms in total. The summed E-state index contributed by atoms with van der Waals surface area (Å²) < 4.78 is 38.1. The maximum atomic E-state index is 12.7. The Morgan fingerprint density at radius 1 is 1.04 bits per heavy atom. The fourth-order valence-corrected chi connectivity index (χ4v) is 2.46. The zero-order valence-electron chi connectivity index (χ0n) is 12.2. The van der Waals surface area contributed by atoms with E-state index in [1.54, 1.807) is 12.1 Å². The van der Waals surface area contributed by atoms with E-state index in [1.807, 2.05) is 12.1 Å². The van der Waals surface area contributed by atoms with Gasteiger partial charge in [0, 0.05) is 10.6 Å². The van der Waals surface area contributed by atoms with E-state index < -0.39 is 17.6 Å². The molecule has 2 rings (SSSR count). The van der Waals surface area contributed by atoms with E-state index in [9.17, 15) is 18.0 Å². The molecule has 2 aromatic rings. The molecule has 0 fully saturated rings. The van der Waals surface area contributed by atoms with Crippen LogP contribution in [-0.4, -0.2) is 5.91 Å². The number of carbonyl (C=O) groups is 1. The van der Waals surface area contributed by atoms with Crippen molar-refractivity contribution < 1.29 is 18.0 Å². The minimum Gasteiger partial charge on any atom is -0.366 e. The SMILES string of the molecule is NC(=O)c1cc(C(F)(F)F)ccc1CCCc1ccc(Cl)cc1. The van der Waals surface area contributed by atoms with Gasteiger partial charge in [-0.25, -0.2) is 0 Å². The van der Waals surface area contributed by atoms with E-state index in [4.69, 9.17) is 17.3 Å². The van der Waals surface area contributed by atoms with Crippen molar-refractivity contribution in [1.29, 1.82) is 0 Å². The molecule has 0 radical (unpaired) electrons. The van der Waals surface area contributed by atoms with Crippen LogP contribution in [0.5, 0.6) is 0 Å². The van der Waals surface area contributed by atoms with Crippen LogP contribution in [0.1, 0.15) is 33.5 Å². The fraction of sp³-hybridized carbons (Fsp3) is 0.235.